The van der Waals surface area contributed by atoms with Crippen molar-refractivity contribution in [1.82, 2.24) is 0 Å². The molecule has 0 fully saturated rings. The molecule has 4 rings (SSSR count). The predicted octanol–water partition coefficient (Wildman–Crippen LogP) is 5.67. The molecule has 2 aromatic carbocycles. The van der Waals surface area contributed by atoms with E-state index >= 15 is 0 Å². The first-order chi connectivity index (χ1) is 24.1. The number of unbranched alkanes of at least 4 members (excludes halogenated alkanes) is 2. The van der Waals surface area contributed by atoms with Gasteiger partial charge in [-0.25, -0.2) is 0 Å². The van der Waals surface area contributed by atoms with E-state index in [2.05, 4.69) is 4.58 Å². The van der Waals surface area contributed by atoms with E-state index in [1.165, 1.54) is 12.1 Å². The first-order valence-electron chi connectivity index (χ1n) is 17.0. The Morgan fingerprint density at radius 2 is 1.48 bits per heavy atom. The van der Waals surface area contributed by atoms with E-state index in [9.17, 15) is 43.7 Å². The molecular formula is C36H47N2O11S3+. The second-order valence-corrected chi connectivity index (χ2v) is 18.4. The summed E-state index contributed by atoms with van der Waals surface area (Å²) in [6.45, 7) is 6.68. The molecule has 2 heterocycles. The zero-order valence-electron chi connectivity index (χ0n) is 29.5. The molecule has 52 heavy (non-hydrogen) atoms. The van der Waals surface area contributed by atoms with Crippen molar-refractivity contribution in [3.8, 4) is 0 Å². The summed E-state index contributed by atoms with van der Waals surface area (Å²) in [7, 11) is -12.8. The normalized spacial score (nSPS) is 19.7. The Labute approximate surface area is 306 Å². The lowest BCUT2D eigenvalue weighted by molar-refractivity contribution is -0.438. The van der Waals surface area contributed by atoms with Gasteiger partial charge in [0.2, 0.25) is 5.69 Å². The maximum Gasteiger partial charge on any atom is 0.303 e. The molecule has 1 unspecified atom stereocenters. The molecule has 1 atom stereocenters. The van der Waals surface area contributed by atoms with E-state index in [0.717, 1.165) is 28.3 Å². The number of carboxylic acid groups (broad SMARTS) is 1. The fourth-order valence-electron chi connectivity index (χ4n) is 7.17. The van der Waals surface area contributed by atoms with E-state index in [1.54, 1.807) is 6.07 Å². The van der Waals surface area contributed by atoms with Gasteiger partial charge < -0.3 is 10.0 Å². The van der Waals surface area contributed by atoms with Gasteiger partial charge in [-0.15, -0.1) is 0 Å². The summed E-state index contributed by atoms with van der Waals surface area (Å²) >= 11 is 0. The van der Waals surface area contributed by atoms with Crippen molar-refractivity contribution >= 4 is 53.4 Å². The summed E-state index contributed by atoms with van der Waals surface area (Å²) < 4.78 is 101. The van der Waals surface area contributed by atoms with Gasteiger partial charge in [-0.3, -0.25) is 18.5 Å². The number of nitrogens with zero attached hydrogens (tertiary/aromatic N) is 2. The van der Waals surface area contributed by atoms with Crippen molar-refractivity contribution in [1.29, 1.82) is 0 Å². The number of rotatable bonds is 18. The number of para-hydroxylation sites is 1. The van der Waals surface area contributed by atoms with Gasteiger partial charge in [0.1, 0.15) is 6.54 Å². The minimum absolute atomic E-state index is 0.0687. The van der Waals surface area contributed by atoms with Crippen LogP contribution in [0.15, 0.2) is 83.4 Å². The molecule has 0 aliphatic carbocycles. The Kier molecular flexibility index (Phi) is 12.8. The molecule has 0 bridgehead atoms. The highest BCUT2D eigenvalue weighted by atomic mass is 32.2. The standard InChI is InChI=1S/C36H46N2O11S3/c1-35(2)29-26-27(52(47,48)49)19-20-31(29)37(22-11-5-8-18-34(39)40)32(35)16-6-4-7-17-33-36(3,21-12-24-50(41,42)43)28-14-9-10-15-30(28)38(33)23-13-25-51(44,45)46/h4,6-7,9-10,14-17,19-20,26H,5,8,11-13,18,21-25H2,1-3H3,(H3-,39,40,41,42,43,44,45,46,47,48,49)/p+1. The van der Waals surface area contributed by atoms with Gasteiger partial charge in [-0.1, -0.05) is 36.4 Å². The highest BCUT2D eigenvalue weighted by Gasteiger charge is 2.45. The number of aliphatic carboxylic acids is 1. The number of allylic oxidation sites excluding steroid dienone is 6. The molecule has 13 nitrogen and oxygen atoms in total. The Morgan fingerprint density at radius 1 is 0.808 bits per heavy atom. The van der Waals surface area contributed by atoms with Crippen LogP contribution in [0.1, 0.15) is 76.8 Å². The Morgan fingerprint density at radius 3 is 2.13 bits per heavy atom. The van der Waals surface area contributed by atoms with Gasteiger partial charge in [0.25, 0.3) is 30.4 Å². The highest BCUT2D eigenvalue weighted by Crippen LogP contribution is 2.50. The predicted molar refractivity (Wildman–Crippen MR) is 199 cm³/mol. The number of carbonyl (C=O) groups is 1. The van der Waals surface area contributed by atoms with Crippen molar-refractivity contribution in [3.63, 3.8) is 0 Å². The van der Waals surface area contributed by atoms with Crippen molar-refractivity contribution in [2.24, 2.45) is 0 Å². The quantitative estimate of drug-likeness (QED) is 0.0625. The molecular weight excluding hydrogens is 733 g/mol. The zero-order valence-corrected chi connectivity index (χ0v) is 31.9. The smallest absolute Gasteiger partial charge is 0.303 e. The van der Waals surface area contributed by atoms with Crippen LogP contribution in [0.25, 0.3) is 0 Å². The van der Waals surface area contributed by atoms with E-state index in [-0.39, 0.29) is 30.7 Å². The molecule has 4 N–H and O–H groups in total. The van der Waals surface area contributed by atoms with E-state index in [1.807, 2.05) is 80.3 Å². The van der Waals surface area contributed by atoms with Gasteiger partial charge in [0.15, 0.2) is 5.71 Å². The lowest BCUT2D eigenvalue weighted by Gasteiger charge is -2.30. The second kappa shape index (κ2) is 16.1. The third-order valence-electron chi connectivity index (χ3n) is 9.67. The number of anilines is 1. The lowest BCUT2D eigenvalue weighted by Crippen LogP contribution is -2.30. The van der Waals surface area contributed by atoms with Crippen LogP contribution in [0.5, 0.6) is 0 Å². The van der Waals surface area contributed by atoms with Crippen LogP contribution in [0.2, 0.25) is 0 Å². The first kappa shape index (κ1) is 41.1. The summed E-state index contributed by atoms with van der Waals surface area (Å²) in [5.41, 5.74) is 3.52. The minimum atomic E-state index is -4.44. The maximum atomic E-state index is 12.0. The first-order valence-corrected chi connectivity index (χ1v) is 21.6. The van der Waals surface area contributed by atoms with Gasteiger partial charge in [-0.05, 0) is 82.7 Å². The van der Waals surface area contributed by atoms with Crippen molar-refractivity contribution in [3.05, 3.63) is 89.7 Å². The number of hydrogen-bond acceptors (Lipinski definition) is 8. The van der Waals surface area contributed by atoms with Crippen LogP contribution in [0, 0.1) is 0 Å². The highest BCUT2D eigenvalue weighted by molar-refractivity contribution is 7.86. The Bertz CT molecular complexity index is 2140. The molecule has 284 valence electrons. The van der Waals surface area contributed by atoms with Crippen molar-refractivity contribution in [2.45, 2.75) is 81.4 Å². The molecule has 0 saturated carbocycles. The Hall–Kier alpha value is -3.67. The lowest BCUT2D eigenvalue weighted by atomic mass is 9.77. The third kappa shape index (κ3) is 10.0. The summed E-state index contributed by atoms with van der Waals surface area (Å²) in [4.78, 5) is 12.7. The van der Waals surface area contributed by atoms with Crippen molar-refractivity contribution < 1.29 is 53.4 Å². The Balaban J connectivity index is 1.69. The molecule has 2 aliphatic rings. The average Bonchev–Trinajstić information content (AvgIpc) is 3.38. The van der Waals surface area contributed by atoms with Crippen LogP contribution in [0.3, 0.4) is 0 Å². The number of benzene rings is 2. The van der Waals surface area contributed by atoms with Crippen LogP contribution in [0.4, 0.5) is 11.4 Å². The summed E-state index contributed by atoms with van der Waals surface area (Å²) in [6.07, 6.45) is 11.9. The molecule has 0 amide bonds. The molecule has 2 aromatic rings. The van der Waals surface area contributed by atoms with Crippen LogP contribution in [-0.4, -0.2) is 84.9 Å². The van der Waals surface area contributed by atoms with Crippen LogP contribution >= 0.6 is 0 Å². The van der Waals surface area contributed by atoms with E-state index in [4.69, 9.17) is 5.11 Å². The van der Waals surface area contributed by atoms with Gasteiger partial charge in [0.05, 0.1) is 21.8 Å². The van der Waals surface area contributed by atoms with Crippen LogP contribution in [-0.2, 0) is 46.0 Å². The molecule has 0 spiro atoms. The van der Waals surface area contributed by atoms with Crippen molar-refractivity contribution in [2.75, 3.05) is 29.5 Å². The molecule has 0 radical (unpaired) electrons. The summed E-state index contributed by atoms with van der Waals surface area (Å²) in [5.74, 6) is -1.71. The maximum absolute atomic E-state index is 12.0. The molecule has 2 aliphatic heterocycles. The number of hydrogen-bond donors (Lipinski definition) is 4. The fraction of sp³-hybridized carbons (Fsp3) is 0.444. The van der Waals surface area contributed by atoms with Gasteiger partial charge in [0, 0.05) is 53.9 Å². The molecule has 16 heteroatoms. The van der Waals surface area contributed by atoms with E-state index in [0.29, 0.717) is 37.8 Å². The SMILES string of the molecule is CC1(C)C(C=CC=CC=C2N(CCCS(=O)(=O)O)c3ccccc3C2(C)CCCS(=O)(=O)O)=[N+](CCCCCC(=O)O)c2ccc(S(=O)(=O)O)cc21. The van der Waals surface area contributed by atoms with Gasteiger partial charge >= 0.3 is 5.97 Å². The molecule has 0 saturated heterocycles. The average molecular weight is 780 g/mol. The number of carboxylic acids is 1. The topological polar surface area (TPSA) is 207 Å². The molecule has 0 aromatic heterocycles. The van der Waals surface area contributed by atoms with Crippen LogP contribution < -0.4 is 4.90 Å². The minimum Gasteiger partial charge on any atom is -0.481 e. The number of fused-ring (bicyclic) bond motifs is 2. The van der Waals surface area contributed by atoms with Gasteiger partial charge in [-0.2, -0.15) is 29.8 Å². The monoisotopic (exact) mass is 779 g/mol. The summed E-state index contributed by atoms with van der Waals surface area (Å²) in [6, 6.07) is 12.0. The second-order valence-electron chi connectivity index (χ2n) is 13.8. The largest absolute Gasteiger partial charge is 0.481 e. The third-order valence-corrected chi connectivity index (χ3v) is 12.1. The zero-order chi connectivity index (χ0) is 38.5. The summed E-state index contributed by atoms with van der Waals surface area (Å²) in [5, 5.41) is 9.02. The fourth-order valence-corrected chi connectivity index (χ4v) is 8.68. The van der Waals surface area contributed by atoms with E-state index < -0.39 is 58.7 Å².